The number of rotatable bonds is 4. The van der Waals surface area contributed by atoms with Crippen molar-refractivity contribution in [3.63, 3.8) is 0 Å². The van der Waals surface area contributed by atoms with Crippen molar-refractivity contribution in [3.05, 3.63) is 44.8 Å². The van der Waals surface area contributed by atoms with Gasteiger partial charge < -0.3 is 5.73 Å². The molecule has 0 aliphatic carbocycles. The van der Waals surface area contributed by atoms with E-state index in [1.165, 1.54) is 4.90 Å². The number of hydrogen-bond donors (Lipinski definition) is 1. The summed E-state index contributed by atoms with van der Waals surface area (Å²) in [7, 11) is 0. The summed E-state index contributed by atoms with van der Waals surface area (Å²) in [5, 5.41) is 3.15. The predicted molar refractivity (Wildman–Crippen MR) is 73.7 cm³/mol. The van der Waals surface area contributed by atoms with Gasteiger partial charge in [-0.3, -0.25) is 0 Å². The number of aromatic nitrogens is 1. The molecule has 16 heavy (non-hydrogen) atoms. The first kappa shape index (κ1) is 12.1. The molecule has 0 bridgehead atoms. The minimum atomic E-state index is 0.524. The highest BCUT2D eigenvalue weighted by atomic mass is 79.9. The zero-order valence-electron chi connectivity index (χ0n) is 8.52. The fraction of sp³-hybridized carbons (Fsp3) is 0.182. The molecule has 0 radical (unpaired) electrons. The SMILES string of the molecule is NCc1csc(CSc2ccccc2Br)n1. The van der Waals surface area contributed by atoms with E-state index in [4.69, 9.17) is 5.73 Å². The van der Waals surface area contributed by atoms with E-state index in [-0.39, 0.29) is 0 Å². The maximum atomic E-state index is 5.52. The molecular formula is C11H11BrN2S2. The lowest BCUT2D eigenvalue weighted by molar-refractivity contribution is 0.996. The Bertz CT molecular complexity index is 471. The molecule has 2 N–H and O–H groups in total. The van der Waals surface area contributed by atoms with E-state index < -0.39 is 0 Å². The summed E-state index contributed by atoms with van der Waals surface area (Å²) < 4.78 is 1.13. The molecule has 1 aromatic heterocycles. The van der Waals surface area contributed by atoms with Gasteiger partial charge >= 0.3 is 0 Å². The summed E-state index contributed by atoms with van der Waals surface area (Å²) >= 11 is 6.99. The van der Waals surface area contributed by atoms with Gasteiger partial charge in [0, 0.05) is 21.3 Å². The van der Waals surface area contributed by atoms with Crippen LogP contribution in [0.5, 0.6) is 0 Å². The molecule has 0 amide bonds. The first-order chi connectivity index (χ1) is 7.79. The number of halogens is 1. The molecule has 1 aromatic carbocycles. The van der Waals surface area contributed by atoms with Crippen LogP contribution < -0.4 is 5.73 Å². The van der Waals surface area contributed by atoms with E-state index in [0.29, 0.717) is 6.54 Å². The van der Waals surface area contributed by atoms with E-state index in [1.54, 1.807) is 23.1 Å². The van der Waals surface area contributed by atoms with Gasteiger partial charge in [-0.2, -0.15) is 0 Å². The molecule has 0 aliphatic heterocycles. The summed E-state index contributed by atoms with van der Waals surface area (Å²) in [4.78, 5) is 5.67. The van der Waals surface area contributed by atoms with Crippen LogP contribution in [0.25, 0.3) is 0 Å². The second kappa shape index (κ2) is 5.82. The van der Waals surface area contributed by atoms with Crippen LogP contribution in [-0.2, 0) is 12.3 Å². The third kappa shape index (κ3) is 3.07. The maximum absolute atomic E-state index is 5.52. The van der Waals surface area contributed by atoms with Crippen molar-refractivity contribution >= 4 is 39.0 Å². The van der Waals surface area contributed by atoms with Gasteiger partial charge in [0.2, 0.25) is 0 Å². The Morgan fingerprint density at radius 3 is 2.88 bits per heavy atom. The molecule has 2 aromatic rings. The third-order valence-corrected chi connectivity index (χ3v) is 5.12. The van der Waals surface area contributed by atoms with Crippen LogP contribution in [0.3, 0.4) is 0 Å². The van der Waals surface area contributed by atoms with Crippen LogP contribution in [0, 0.1) is 0 Å². The van der Waals surface area contributed by atoms with Gasteiger partial charge in [-0.25, -0.2) is 4.98 Å². The van der Waals surface area contributed by atoms with Gasteiger partial charge in [0.25, 0.3) is 0 Å². The van der Waals surface area contributed by atoms with Gasteiger partial charge in [0.05, 0.1) is 11.4 Å². The zero-order valence-corrected chi connectivity index (χ0v) is 11.7. The van der Waals surface area contributed by atoms with E-state index in [9.17, 15) is 0 Å². The third-order valence-electron chi connectivity index (χ3n) is 2.00. The molecule has 0 saturated heterocycles. The maximum Gasteiger partial charge on any atom is 0.103 e. The molecule has 0 saturated carbocycles. The van der Waals surface area contributed by atoms with Crippen molar-refractivity contribution in [2.24, 2.45) is 5.73 Å². The Balaban J connectivity index is 1.99. The van der Waals surface area contributed by atoms with Crippen molar-refractivity contribution in [2.45, 2.75) is 17.2 Å². The highest BCUT2D eigenvalue weighted by Gasteiger charge is 2.03. The molecule has 0 fully saturated rings. The van der Waals surface area contributed by atoms with Gasteiger partial charge in [-0.15, -0.1) is 23.1 Å². The van der Waals surface area contributed by atoms with Crippen molar-refractivity contribution in [1.82, 2.24) is 4.98 Å². The molecule has 84 valence electrons. The van der Waals surface area contributed by atoms with Crippen molar-refractivity contribution in [3.8, 4) is 0 Å². The van der Waals surface area contributed by atoms with Gasteiger partial charge in [-0.05, 0) is 28.1 Å². The number of thioether (sulfide) groups is 1. The highest BCUT2D eigenvalue weighted by molar-refractivity contribution is 9.10. The smallest absolute Gasteiger partial charge is 0.103 e. The molecule has 0 unspecified atom stereocenters. The Morgan fingerprint density at radius 2 is 2.19 bits per heavy atom. The Kier molecular flexibility index (Phi) is 4.40. The standard InChI is InChI=1S/C11H11BrN2S2/c12-9-3-1-2-4-10(9)15-7-11-14-8(5-13)6-16-11/h1-4,6H,5,7,13H2. The monoisotopic (exact) mass is 314 g/mol. The predicted octanol–water partition coefficient (Wildman–Crippen LogP) is 3.66. The first-order valence-corrected chi connectivity index (χ1v) is 7.46. The van der Waals surface area contributed by atoms with Crippen LogP contribution in [0.15, 0.2) is 39.0 Å². The number of benzene rings is 1. The summed E-state index contributed by atoms with van der Waals surface area (Å²) in [5.74, 6) is 0.896. The lowest BCUT2D eigenvalue weighted by atomic mass is 10.4. The van der Waals surface area contributed by atoms with Crippen molar-refractivity contribution in [2.75, 3.05) is 0 Å². The molecule has 2 rings (SSSR count). The molecule has 2 nitrogen and oxygen atoms in total. The summed E-state index contributed by atoms with van der Waals surface area (Å²) in [6.07, 6.45) is 0. The second-order valence-corrected chi connectivity index (χ2v) is 5.97. The van der Waals surface area contributed by atoms with Crippen molar-refractivity contribution < 1.29 is 0 Å². The Morgan fingerprint density at radius 1 is 1.38 bits per heavy atom. The van der Waals surface area contributed by atoms with E-state index in [0.717, 1.165) is 20.9 Å². The van der Waals surface area contributed by atoms with Crippen molar-refractivity contribution in [1.29, 1.82) is 0 Å². The number of thiazole rings is 1. The zero-order chi connectivity index (χ0) is 11.4. The van der Waals surface area contributed by atoms with Crippen LogP contribution in [0.1, 0.15) is 10.7 Å². The molecule has 0 spiro atoms. The largest absolute Gasteiger partial charge is 0.325 e. The summed E-state index contributed by atoms with van der Waals surface area (Å²) in [6, 6.07) is 8.21. The summed E-state index contributed by atoms with van der Waals surface area (Å²) in [5.41, 5.74) is 6.50. The highest BCUT2D eigenvalue weighted by Crippen LogP contribution is 2.30. The van der Waals surface area contributed by atoms with Crippen LogP contribution in [0.2, 0.25) is 0 Å². The van der Waals surface area contributed by atoms with E-state index in [1.807, 2.05) is 17.5 Å². The lowest BCUT2D eigenvalue weighted by Gasteiger charge is -2.01. The fourth-order valence-corrected chi connectivity index (χ4v) is 3.60. The molecule has 0 atom stereocenters. The number of hydrogen-bond acceptors (Lipinski definition) is 4. The molecular weight excluding hydrogens is 304 g/mol. The number of nitrogens with two attached hydrogens (primary N) is 1. The summed E-state index contributed by atoms with van der Waals surface area (Å²) in [6.45, 7) is 0.524. The Hall–Kier alpha value is -0.360. The quantitative estimate of drug-likeness (QED) is 0.875. The topological polar surface area (TPSA) is 38.9 Å². The molecule has 0 aliphatic rings. The van der Waals surface area contributed by atoms with Gasteiger partial charge in [-0.1, -0.05) is 12.1 Å². The molecule has 1 heterocycles. The normalized spacial score (nSPS) is 10.6. The average molecular weight is 315 g/mol. The van der Waals surface area contributed by atoms with Crippen LogP contribution in [0.4, 0.5) is 0 Å². The van der Waals surface area contributed by atoms with Crippen LogP contribution >= 0.6 is 39.0 Å². The minimum absolute atomic E-state index is 0.524. The first-order valence-electron chi connectivity index (χ1n) is 4.80. The van der Waals surface area contributed by atoms with Gasteiger partial charge in [0.15, 0.2) is 0 Å². The lowest BCUT2D eigenvalue weighted by Crippen LogP contribution is -1.96. The van der Waals surface area contributed by atoms with Crippen LogP contribution in [-0.4, -0.2) is 4.98 Å². The average Bonchev–Trinajstić information content (AvgIpc) is 2.76. The molecule has 5 heteroatoms. The Labute approximate surface area is 111 Å². The van der Waals surface area contributed by atoms with Gasteiger partial charge in [0.1, 0.15) is 5.01 Å². The van der Waals surface area contributed by atoms with E-state index in [2.05, 4.69) is 33.0 Å². The van der Waals surface area contributed by atoms with E-state index >= 15 is 0 Å². The fourth-order valence-electron chi connectivity index (χ4n) is 1.21. The second-order valence-electron chi connectivity index (χ2n) is 3.16. The number of nitrogens with zero attached hydrogens (tertiary/aromatic N) is 1. The minimum Gasteiger partial charge on any atom is -0.325 e.